The number of carbonyl (C=O) groups is 4. The van der Waals surface area contributed by atoms with Gasteiger partial charge in [0.2, 0.25) is 0 Å². The standard InChI is InChI=1S/C21H27NO9/c23-18-6-7-19(24)22(18)31-21(26)9-11-28-13-15-29-14-12-27-10-8-20(25)30-16-17-4-2-1-3-5-17/h1-5H,6-16H2. The van der Waals surface area contributed by atoms with E-state index in [1.54, 1.807) is 0 Å². The molecule has 10 nitrogen and oxygen atoms in total. The van der Waals surface area contributed by atoms with Crippen LogP contribution < -0.4 is 0 Å². The molecule has 2 amide bonds. The lowest BCUT2D eigenvalue weighted by atomic mass is 10.2. The minimum absolute atomic E-state index is 0.0576. The van der Waals surface area contributed by atoms with Crippen LogP contribution in [-0.2, 0) is 49.6 Å². The average Bonchev–Trinajstić information content (AvgIpc) is 3.08. The van der Waals surface area contributed by atoms with Crippen LogP contribution in [0.5, 0.6) is 0 Å². The first-order valence-electron chi connectivity index (χ1n) is 10.1. The first-order valence-corrected chi connectivity index (χ1v) is 10.1. The van der Waals surface area contributed by atoms with Gasteiger partial charge in [-0.15, -0.1) is 5.06 Å². The van der Waals surface area contributed by atoms with Crippen LogP contribution >= 0.6 is 0 Å². The molecule has 0 saturated carbocycles. The summed E-state index contributed by atoms with van der Waals surface area (Å²) in [6, 6.07) is 9.43. The van der Waals surface area contributed by atoms with E-state index in [4.69, 9.17) is 23.8 Å². The zero-order valence-electron chi connectivity index (χ0n) is 17.3. The van der Waals surface area contributed by atoms with E-state index < -0.39 is 17.8 Å². The fourth-order valence-corrected chi connectivity index (χ4v) is 2.47. The SMILES string of the molecule is O=C(CCOCCOCCOCCC(=O)ON1C(=O)CCC1=O)OCc1ccccc1. The molecule has 0 radical (unpaired) electrons. The Bertz CT molecular complexity index is 707. The van der Waals surface area contributed by atoms with Crippen LogP contribution in [0.4, 0.5) is 0 Å². The largest absolute Gasteiger partial charge is 0.461 e. The molecular weight excluding hydrogens is 410 g/mol. The Kier molecular flexibility index (Phi) is 11.2. The molecule has 1 aliphatic heterocycles. The van der Waals surface area contributed by atoms with Crippen molar-refractivity contribution in [3.05, 3.63) is 35.9 Å². The number of hydrogen-bond donors (Lipinski definition) is 0. The maximum atomic E-state index is 11.6. The number of nitrogens with zero attached hydrogens (tertiary/aromatic N) is 1. The van der Waals surface area contributed by atoms with Crippen molar-refractivity contribution in [2.24, 2.45) is 0 Å². The number of amides is 2. The van der Waals surface area contributed by atoms with E-state index in [-0.39, 0.29) is 58.1 Å². The van der Waals surface area contributed by atoms with Crippen molar-refractivity contribution in [3.63, 3.8) is 0 Å². The van der Waals surface area contributed by atoms with Crippen molar-refractivity contribution in [2.75, 3.05) is 39.6 Å². The number of hydroxylamine groups is 2. The number of carbonyl (C=O) groups excluding carboxylic acids is 4. The Morgan fingerprint density at radius 2 is 1.26 bits per heavy atom. The summed E-state index contributed by atoms with van der Waals surface area (Å²) in [6.45, 7) is 1.81. The van der Waals surface area contributed by atoms with E-state index in [1.807, 2.05) is 30.3 Å². The van der Waals surface area contributed by atoms with Crippen LogP contribution in [0, 0.1) is 0 Å². The summed E-state index contributed by atoms with van der Waals surface area (Å²) in [4.78, 5) is 50.5. The zero-order chi connectivity index (χ0) is 22.3. The molecule has 1 fully saturated rings. The minimum Gasteiger partial charge on any atom is -0.461 e. The van der Waals surface area contributed by atoms with E-state index in [9.17, 15) is 19.2 Å². The summed E-state index contributed by atoms with van der Waals surface area (Å²) in [6.07, 6.45) is 0.200. The molecule has 1 saturated heterocycles. The topological polar surface area (TPSA) is 118 Å². The highest BCUT2D eigenvalue weighted by molar-refractivity contribution is 6.01. The van der Waals surface area contributed by atoms with Gasteiger partial charge in [-0.3, -0.25) is 14.4 Å². The number of benzene rings is 1. The predicted molar refractivity (Wildman–Crippen MR) is 105 cm³/mol. The monoisotopic (exact) mass is 437 g/mol. The van der Waals surface area contributed by atoms with Gasteiger partial charge in [-0.2, -0.15) is 0 Å². The quantitative estimate of drug-likeness (QED) is 0.226. The van der Waals surface area contributed by atoms with Crippen molar-refractivity contribution >= 4 is 23.8 Å². The second kappa shape index (κ2) is 14.2. The molecule has 31 heavy (non-hydrogen) atoms. The highest BCUT2D eigenvalue weighted by Crippen LogP contribution is 2.12. The van der Waals surface area contributed by atoms with Gasteiger partial charge in [0.1, 0.15) is 6.61 Å². The molecule has 0 aliphatic carbocycles. The molecule has 0 aromatic heterocycles. The number of rotatable bonds is 15. The second-order valence-electron chi connectivity index (χ2n) is 6.53. The van der Waals surface area contributed by atoms with Crippen molar-refractivity contribution in [2.45, 2.75) is 32.3 Å². The van der Waals surface area contributed by atoms with Crippen LogP contribution in [-0.4, -0.2) is 68.5 Å². The molecule has 1 aromatic carbocycles. The van der Waals surface area contributed by atoms with Crippen molar-refractivity contribution in [3.8, 4) is 0 Å². The first kappa shape index (κ1) is 24.4. The van der Waals surface area contributed by atoms with Crippen molar-refractivity contribution in [1.29, 1.82) is 0 Å². The lowest BCUT2D eigenvalue weighted by Gasteiger charge is -2.12. The summed E-state index contributed by atoms with van der Waals surface area (Å²) in [5.74, 6) is -2.06. The molecule has 0 bridgehead atoms. The van der Waals surface area contributed by atoms with Crippen LogP contribution in [0.3, 0.4) is 0 Å². The molecule has 2 rings (SSSR count). The van der Waals surface area contributed by atoms with Crippen molar-refractivity contribution in [1.82, 2.24) is 5.06 Å². The second-order valence-corrected chi connectivity index (χ2v) is 6.53. The van der Waals surface area contributed by atoms with E-state index in [2.05, 4.69) is 0 Å². The highest BCUT2D eigenvalue weighted by Gasteiger charge is 2.32. The molecule has 0 N–H and O–H groups in total. The maximum Gasteiger partial charge on any atom is 0.335 e. The van der Waals surface area contributed by atoms with E-state index >= 15 is 0 Å². The smallest absolute Gasteiger partial charge is 0.335 e. The molecule has 1 heterocycles. The third kappa shape index (κ3) is 10.2. The lowest BCUT2D eigenvalue weighted by Crippen LogP contribution is -2.32. The third-order valence-electron chi connectivity index (χ3n) is 4.09. The molecular formula is C21H27NO9. The summed E-state index contributed by atoms with van der Waals surface area (Å²) >= 11 is 0. The highest BCUT2D eigenvalue weighted by atomic mass is 16.7. The van der Waals surface area contributed by atoms with Gasteiger partial charge in [0.15, 0.2) is 0 Å². The van der Waals surface area contributed by atoms with Crippen LogP contribution in [0.1, 0.15) is 31.2 Å². The number of hydrogen-bond acceptors (Lipinski definition) is 9. The molecule has 10 heteroatoms. The predicted octanol–water partition coefficient (Wildman–Crippen LogP) is 1.17. The van der Waals surface area contributed by atoms with Gasteiger partial charge in [0.05, 0.1) is 52.5 Å². The molecule has 0 spiro atoms. The van der Waals surface area contributed by atoms with Gasteiger partial charge in [-0.25, -0.2) is 4.79 Å². The zero-order valence-corrected chi connectivity index (χ0v) is 17.3. The Hall–Kier alpha value is -2.82. The van der Waals surface area contributed by atoms with Crippen LogP contribution in [0.15, 0.2) is 30.3 Å². The number of imide groups is 1. The van der Waals surface area contributed by atoms with Crippen LogP contribution in [0.25, 0.3) is 0 Å². The first-order chi connectivity index (χ1) is 15.1. The number of ether oxygens (including phenoxy) is 4. The average molecular weight is 437 g/mol. The van der Waals surface area contributed by atoms with Gasteiger partial charge in [0, 0.05) is 12.8 Å². The third-order valence-corrected chi connectivity index (χ3v) is 4.09. The van der Waals surface area contributed by atoms with E-state index in [0.29, 0.717) is 24.9 Å². The summed E-state index contributed by atoms with van der Waals surface area (Å²) in [7, 11) is 0. The van der Waals surface area contributed by atoms with E-state index in [0.717, 1.165) is 5.56 Å². The van der Waals surface area contributed by atoms with Gasteiger partial charge in [-0.05, 0) is 5.56 Å². The number of esters is 1. The summed E-state index contributed by atoms with van der Waals surface area (Å²) < 4.78 is 21.0. The van der Waals surface area contributed by atoms with Gasteiger partial charge in [-0.1, -0.05) is 30.3 Å². The van der Waals surface area contributed by atoms with Crippen LogP contribution in [0.2, 0.25) is 0 Å². The van der Waals surface area contributed by atoms with Gasteiger partial charge in [0.25, 0.3) is 11.8 Å². The molecule has 1 aromatic rings. The van der Waals surface area contributed by atoms with Gasteiger partial charge < -0.3 is 23.8 Å². The van der Waals surface area contributed by atoms with E-state index in [1.165, 1.54) is 0 Å². The molecule has 0 unspecified atom stereocenters. The lowest BCUT2D eigenvalue weighted by molar-refractivity contribution is -0.198. The van der Waals surface area contributed by atoms with Gasteiger partial charge >= 0.3 is 11.9 Å². The molecule has 170 valence electrons. The fourth-order valence-electron chi connectivity index (χ4n) is 2.47. The molecule has 0 atom stereocenters. The normalized spacial score (nSPS) is 13.5. The fraction of sp³-hybridized carbons (Fsp3) is 0.524. The van der Waals surface area contributed by atoms with Crippen molar-refractivity contribution < 1.29 is 43.0 Å². The maximum absolute atomic E-state index is 11.6. The Balaban J connectivity index is 1.35. The summed E-state index contributed by atoms with van der Waals surface area (Å²) in [5.41, 5.74) is 0.932. The minimum atomic E-state index is -0.708. The molecule has 1 aliphatic rings. The Morgan fingerprint density at radius 1 is 0.742 bits per heavy atom. The Labute approximate surface area is 180 Å². The Morgan fingerprint density at radius 3 is 1.84 bits per heavy atom. The summed E-state index contributed by atoms with van der Waals surface area (Å²) in [5, 5.41) is 0.508.